The minimum Gasteiger partial charge on any atom is -0.488 e. The van der Waals surface area contributed by atoms with Crippen molar-refractivity contribution in [3.8, 4) is 17.2 Å². The lowest BCUT2D eigenvalue weighted by Gasteiger charge is -2.16. The maximum absolute atomic E-state index is 12.2. The number of hydrogen-bond acceptors (Lipinski definition) is 5. The minimum absolute atomic E-state index is 0.0118. The van der Waals surface area contributed by atoms with Crippen molar-refractivity contribution >= 4 is 34.3 Å². The Hall–Kier alpha value is -2.13. The van der Waals surface area contributed by atoms with Gasteiger partial charge in [0, 0.05) is 38.4 Å². The van der Waals surface area contributed by atoms with Crippen LogP contribution in [0.3, 0.4) is 0 Å². The first-order chi connectivity index (χ1) is 13.3. The van der Waals surface area contributed by atoms with Crippen LogP contribution in [0.5, 0.6) is 17.2 Å². The molecule has 0 fully saturated rings. The minimum atomic E-state index is -0.167. The summed E-state index contributed by atoms with van der Waals surface area (Å²) < 4.78 is 17.2. The van der Waals surface area contributed by atoms with Gasteiger partial charge in [0.25, 0.3) is 5.91 Å². The van der Waals surface area contributed by atoms with Gasteiger partial charge in [-0.25, -0.2) is 0 Å². The highest BCUT2D eigenvalue weighted by atomic mass is 127. The third-order valence-electron chi connectivity index (χ3n) is 3.81. The summed E-state index contributed by atoms with van der Waals surface area (Å²) in [5.74, 6) is 1.49. The van der Waals surface area contributed by atoms with Gasteiger partial charge in [-0.05, 0) is 43.3 Å². The topological polar surface area (TPSA) is 65.1 Å². The Bertz CT molecular complexity index is 820. The lowest BCUT2D eigenvalue weighted by molar-refractivity contribution is 0.0827. The lowest BCUT2D eigenvalue weighted by Crippen LogP contribution is -2.21. The van der Waals surface area contributed by atoms with Crippen molar-refractivity contribution in [2.45, 2.75) is 13.0 Å². The summed E-state index contributed by atoms with van der Waals surface area (Å²) in [5, 5.41) is 0. The van der Waals surface area contributed by atoms with Gasteiger partial charge in [-0.3, -0.25) is 9.59 Å². The first-order valence-electron chi connectivity index (χ1n) is 8.73. The van der Waals surface area contributed by atoms with E-state index in [1.807, 2.05) is 29.5 Å². The fourth-order valence-corrected chi connectivity index (χ4v) is 2.94. The van der Waals surface area contributed by atoms with Gasteiger partial charge in [0.2, 0.25) is 0 Å². The van der Waals surface area contributed by atoms with Crippen molar-refractivity contribution in [2.75, 3.05) is 32.2 Å². The number of halogens is 1. The van der Waals surface area contributed by atoms with Crippen LogP contribution in [-0.2, 0) is 4.74 Å². The molecule has 2 aromatic rings. The van der Waals surface area contributed by atoms with Crippen LogP contribution in [-0.4, -0.2) is 54.9 Å². The molecule has 150 valence electrons. The second-order valence-electron chi connectivity index (χ2n) is 6.46. The van der Waals surface area contributed by atoms with E-state index in [-0.39, 0.29) is 17.8 Å². The first kappa shape index (κ1) is 22.2. The molecule has 2 rings (SSSR count). The van der Waals surface area contributed by atoms with Crippen LogP contribution in [0.4, 0.5) is 0 Å². The van der Waals surface area contributed by atoms with Crippen molar-refractivity contribution in [2.24, 2.45) is 0 Å². The number of nitrogens with zero attached hydrogens (tertiary/aromatic N) is 1. The highest BCUT2D eigenvalue weighted by Gasteiger charge is 2.13. The van der Waals surface area contributed by atoms with Crippen molar-refractivity contribution in [3.63, 3.8) is 0 Å². The third kappa shape index (κ3) is 6.20. The number of alkyl halides is 1. The van der Waals surface area contributed by atoms with Crippen LogP contribution < -0.4 is 9.47 Å². The van der Waals surface area contributed by atoms with Crippen molar-refractivity contribution in [3.05, 3.63) is 53.6 Å². The normalized spacial score (nSPS) is 11.6. The van der Waals surface area contributed by atoms with Crippen LogP contribution in [0.15, 0.2) is 42.5 Å². The summed E-state index contributed by atoms with van der Waals surface area (Å²) in [7, 11) is 5.01. The number of hydrogen-bond donors (Lipinski definition) is 0. The molecule has 0 aromatic heterocycles. The molecule has 0 aliphatic heterocycles. The zero-order valence-corrected chi connectivity index (χ0v) is 18.6. The van der Waals surface area contributed by atoms with Gasteiger partial charge >= 0.3 is 0 Å². The average Bonchev–Trinajstić information content (AvgIpc) is 2.67. The lowest BCUT2D eigenvalue weighted by atomic mass is 10.1. The van der Waals surface area contributed by atoms with Crippen molar-refractivity contribution < 1.29 is 23.8 Å². The van der Waals surface area contributed by atoms with Crippen LogP contribution in [0.2, 0.25) is 0 Å². The molecule has 28 heavy (non-hydrogen) atoms. The largest absolute Gasteiger partial charge is 0.488 e. The fraction of sp³-hybridized carbons (Fsp3) is 0.333. The van der Waals surface area contributed by atoms with E-state index in [0.29, 0.717) is 39.4 Å². The van der Waals surface area contributed by atoms with E-state index in [0.717, 1.165) is 0 Å². The molecule has 1 amide bonds. The average molecular weight is 497 g/mol. The van der Waals surface area contributed by atoms with E-state index < -0.39 is 0 Å². The highest BCUT2D eigenvalue weighted by molar-refractivity contribution is 14.1. The zero-order chi connectivity index (χ0) is 20.7. The van der Waals surface area contributed by atoms with Crippen molar-refractivity contribution in [1.82, 2.24) is 4.90 Å². The molecule has 1 unspecified atom stereocenters. The molecule has 0 bridgehead atoms. The Morgan fingerprint density at radius 3 is 2.21 bits per heavy atom. The monoisotopic (exact) mass is 497 g/mol. The van der Waals surface area contributed by atoms with E-state index in [4.69, 9.17) is 14.2 Å². The molecule has 7 heteroatoms. The smallest absolute Gasteiger partial charge is 0.253 e. The molecule has 6 nitrogen and oxygen atoms in total. The molecule has 0 heterocycles. The molecule has 0 radical (unpaired) electrons. The third-order valence-corrected chi connectivity index (χ3v) is 4.50. The predicted octanol–water partition coefficient (Wildman–Crippen LogP) is 4.21. The van der Waals surface area contributed by atoms with Gasteiger partial charge in [-0.1, -0.05) is 22.6 Å². The van der Waals surface area contributed by atoms with Crippen LogP contribution in [0.25, 0.3) is 0 Å². The maximum Gasteiger partial charge on any atom is 0.253 e. The summed E-state index contributed by atoms with van der Waals surface area (Å²) in [4.78, 5) is 25.7. The molecule has 1 atom stereocenters. The summed E-state index contributed by atoms with van der Waals surface area (Å²) in [5.41, 5.74) is 1.09. The molecular formula is C21H24INO5. The number of ketones is 1. The van der Waals surface area contributed by atoms with E-state index in [1.54, 1.807) is 63.7 Å². The molecule has 2 aromatic carbocycles. The molecule has 0 N–H and O–H groups in total. The van der Waals surface area contributed by atoms with Gasteiger partial charge in [0.1, 0.15) is 23.4 Å². The van der Waals surface area contributed by atoms with Crippen LogP contribution in [0, 0.1) is 0 Å². The summed E-state index contributed by atoms with van der Waals surface area (Å²) >= 11 is 2.03. The van der Waals surface area contributed by atoms with Gasteiger partial charge in [-0.15, -0.1) is 0 Å². The van der Waals surface area contributed by atoms with Crippen LogP contribution >= 0.6 is 22.6 Å². The maximum atomic E-state index is 12.2. The highest BCUT2D eigenvalue weighted by Crippen LogP contribution is 2.29. The SMILES string of the molecule is COCC(C)Oc1cc(Oc2ccc(C(=O)N(C)C)cc2)cc(C(=O)CI)c1. The second kappa shape index (κ2) is 10.4. The molecule has 0 saturated carbocycles. The Kier molecular flexibility index (Phi) is 8.25. The Morgan fingerprint density at radius 2 is 1.64 bits per heavy atom. The number of methoxy groups -OCH3 is 1. The Morgan fingerprint density at radius 1 is 1.00 bits per heavy atom. The number of carbonyl (C=O) groups is 2. The fourth-order valence-electron chi connectivity index (χ4n) is 2.50. The Balaban J connectivity index is 2.25. The molecule has 0 spiro atoms. The summed E-state index contributed by atoms with van der Waals surface area (Å²) in [6.45, 7) is 2.32. The number of ether oxygens (including phenoxy) is 3. The van der Waals surface area contributed by atoms with E-state index in [1.165, 1.54) is 4.90 Å². The van der Waals surface area contributed by atoms with Crippen molar-refractivity contribution in [1.29, 1.82) is 0 Å². The van der Waals surface area contributed by atoms with Crippen LogP contribution in [0.1, 0.15) is 27.6 Å². The number of rotatable bonds is 9. The van der Waals surface area contributed by atoms with E-state index in [9.17, 15) is 9.59 Å². The van der Waals surface area contributed by atoms with Gasteiger partial charge < -0.3 is 19.1 Å². The van der Waals surface area contributed by atoms with E-state index in [2.05, 4.69) is 0 Å². The predicted molar refractivity (Wildman–Crippen MR) is 116 cm³/mol. The number of Topliss-reactive ketones (excluding diaryl/α,β-unsaturated/α-hetero) is 1. The molecule has 0 aliphatic carbocycles. The first-order valence-corrected chi connectivity index (χ1v) is 10.3. The second-order valence-corrected chi connectivity index (χ2v) is 7.22. The zero-order valence-electron chi connectivity index (χ0n) is 16.4. The van der Waals surface area contributed by atoms with Gasteiger partial charge in [0.05, 0.1) is 11.0 Å². The molecule has 0 aliphatic rings. The number of benzene rings is 2. The van der Waals surface area contributed by atoms with Gasteiger partial charge in [-0.2, -0.15) is 0 Å². The number of carbonyl (C=O) groups excluding carboxylic acids is 2. The standard InChI is InChI=1S/C21H24INO5/c1-14(13-26-4)27-18-9-16(20(24)12-22)10-19(11-18)28-17-7-5-15(6-8-17)21(25)23(2)3/h5-11,14H,12-13H2,1-4H3. The quantitative estimate of drug-likeness (QED) is 0.295. The molecule has 0 saturated heterocycles. The van der Waals surface area contributed by atoms with E-state index >= 15 is 0 Å². The number of amides is 1. The summed E-state index contributed by atoms with van der Waals surface area (Å²) in [6, 6.07) is 12.0. The molecular weight excluding hydrogens is 473 g/mol. The Labute approximate surface area is 178 Å². The van der Waals surface area contributed by atoms with Gasteiger partial charge in [0.15, 0.2) is 5.78 Å². The summed E-state index contributed by atoms with van der Waals surface area (Å²) in [6.07, 6.45) is -0.167.